The van der Waals surface area contributed by atoms with E-state index in [4.69, 9.17) is 0 Å². The Kier molecular flexibility index (Phi) is 5.90. The Morgan fingerprint density at radius 3 is 1.21 bits per heavy atom. The number of rotatable bonds is 6. The van der Waals surface area contributed by atoms with Gasteiger partial charge in [-0.15, -0.1) is 0 Å². The van der Waals surface area contributed by atoms with Crippen LogP contribution in [0, 0.1) is 0 Å². The van der Waals surface area contributed by atoms with Gasteiger partial charge < -0.3 is 9.70 Å². The fourth-order valence-electron chi connectivity index (χ4n) is 4.33. The van der Waals surface area contributed by atoms with Crippen LogP contribution in [0.3, 0.4) is 0 Å². The molecule has 0 radical (unpaired) electrons. The molecule has 5 rings (SSSR count). The van der Waals surface area contributed by atoms with Crippen molar-refractivity contribution in [1.29, 1.82) is 0 Å². The smallest absolute Gasteiger partial charge is 0.285 e. The molecule has 0 saturated heterocycles. The molecule has 0 saturated carbocycles. The molecule has 1 N–H and O–H groups in total. The lowest BCUT2D eigenvalue weighted by Gasteiger charge is -2.30. The van der Waals surface area contributed by atoms with Gasteiger partial charge in [0.1, 0.15) is 0 Å². The zero-order valence-corrected chi connectivity index (χ0v) is 19.3. The number of nitrogens with zero attached hydrogens (tertiary/aromatic N) is 1. The van der Waals surface area contributed by atoms with Crippen LogP contribution in [-0.2, 0) is 0 Å². The molecule has 0 fully saturated rings. The normalized spacial score (nSPS) is 11.2. The molecule has 0 aromatic heterocycles. The lowest BCUT2D eigenvalue weighted by molar-refractivity contribution is 0.583. The molecule has 0 spiro atoms. The summed E-state index contributed by atoms with van der Waals surface area (Å²) in [5.41, 5.74) is 3.17. The second kappa shape index (κ2) is 9.29. The Morgan fingerprint density at radius 1 is 0.394 bits per heavy atom. The summed E-state index contributed by atoms with van der Waals surface area (Å²) < 4.78 is 0. The molecule has 0 aliphatic carbocycles. The Labute approximate surface area is 196 Å². The van der Waals surface area contributed by atoms with Gasteiger partial charge in [-0.25, -0.2) is 0 Å². The number of anilines is 3. The predicted octanol–water partition coefficient (Wildman–Crippen LogP) is 5.12. The highest BCUT2D eigenvalue weighted by molar-refractivity contribution is 7.06. The Hall–Kier alpha value is -3.92. The third-order valence-electron chi connectivity index (χ3n) is 5.93. The highest BCUT2D eigenvalue weighted by Crippen LogP contribution is 2.33. The largest absolute Gasteiger partial charge is 0.421 e. The van der Waals surface area contributed by atoms with Crippen LogP contribution in [0.5, 0.6) is 0 Å². The van der Waals surface area contributed by atoms with E-state index in [-0.39, 0.29) is 0 Å². The predicted molar refractivity (Wildman–Crippen MR) is 141 cm³/mol. The van der Waals surface area contributed by atoms with Gasteiger partial charge in [-0.1, -0.05) is 109 Å². The third kappa shape index (κ3) is 4.12. The molecule has 0 aliphatic rings. The molecular formula is C30H25NOSi. The maximum atomic E-state index is 12.4. The fourth-order valence-corrected chi connectivity index (χ4v) is 7.37. The van der Waals surface area contributed by atoms with Crippen molar-refractivity contribution < 1.29 is 4.80 Å². The van der Waals surface area contributed by atoms with E-state index in [9.17, 15) is 4.80 Å². The highest BCUT2D eigenvalue weighted by Gasteiger charge is 2.38. The summed E-state index contributed by atoms with van der Waals surface area (Å²) in [6.45, 7) is 0. The molecule has 0 unspecified atom stereocenters. The van der Waals surface area contributed by atoms with E-state index in [1.165, 1.54) is 0 Å². The molecule has 160 valence electrons. The van der Waals surface area contributed by atoms with Gasteiger partial charge in [0.2, 0.25) is 0 Å². The average molecular weight is 444 g/mol. The van der Waals surface area contributed by atoms with Crippen molar-refractivity contribution in [3.63, 3.8) is 0 Å². The van der Waals surface area contributed by atoms with Crippen molar-refractivity contribution in [3.05, 3.63) is 146 Å². The summed E-state index contributed by atoms with van der Waals surface area (Å²) in [7, 11) is -3.18. The van der Waals surface area contributed by atoms with Gasteiger partial charge in [-0.3, -0.25) is 0 Å². The van der Waals surface area contributed by atoms with Crippen LogP contribution in [0.25, 0.3) is 0 Å². The van der Waals surface area contributed by atoms with E-state index in [1.54, 1.807) is 0 Å². The Morgan fingerprint density at radius 2 is 0.758 bits per heavy atom. The SMILES string of the molecule is O[Si](c1ccccc1)(c1ccccc1)c1cccc(N(c2ccccc2)c2ccccc2)c1. The molecular weight excluding hydrogens is 418 g/mol. The minimum absolute atomic E-state index is 0.953. The zero-order chi connectivity index (χ0) is 22.5. The minimum atomic E-state index is -3.18. The Bertz CT molecular complexity index is 1230. The van der Waals surface area contributed by atoms with Gasteiger partial charge >= 0.3 is 0 Å². The van der Waals surface area contributed by atoms with E-state index in [2.05, 4.69) is 47.4 Å². The molecule has 3 heteroatoms. The van der Waals surface area contributed by atoms with Gasteiger partial charge in [0.05, 0.1) is 0 Å². The molecule has 0 bridgehead atoms. The molecule has 33 heavy (non-hydrogen) atoms. The van der Waals surface area contributed by atoms with E-state index in [0.29, 0.717) is 0 Å². The van der Waals surface area contributed by atoms with Crippen LogP contribution in [0.15, 0.2) is 146 Å². The minimum Gasteiger partial charge on any atom is -0.421 e. The van der Waals surface area contributed by atoms with Crippen molar-refractivity contribution in [2.45, 2.75) is 0 Å². The van der Waals surface area contributed by atoms with Crippen molar-refractivity contribution in [3.8, 4) is 0 Å². The summed E-state index contributed by atoms with van der Waals surface area (Å²) in [6.07, 6.45) is 0. The topological polar surface area (TPSA) is 23.5 Å². The van der Waals surface area contributed by atoms with Crippen LogP contribution >= 0.6 is 0 Å². The average Bonchev–Trinajstić information content (AvgIpc) is 2.91. The monoisotopic (exact) mass is 443 g/mol. The van der Waals surface area contributed by atoms with E-state index < -0.39 is 8.32 Å². The molecule has 0 amide bonds. The summed E-state index contributed by atoms with van der Waals surface area (Å²) in [6, 6.07) is 49.2. The highest BCUT2D eigenvalue weighted by atomic mass is 28.4. The third-order valence-corrected chi connectivity index (χ3v) is 9.42. The van der Waals surface area contributed by atoms with Crippen molar-refractivity contribution in [1.82, 2.24) is 0 Å². The Balaban J connectivity index is 1.70. The van der Waals surface area contributed by atoms with Crippen molar-refractivity contribution in [2.24, 2.45) is 0 Å². The number of para-hydroxylation sites is 2. The first-order valence-electron chi connectivity index (χ1n) is 11.1. The van der Waals surface area contributed by atoms with Gasteiger partial charge in [0.15, 0.2) is 0 Å². The van der Waals surface area contributed by atoms with Gasteiger partial charge in [-0.2, -0.15) is 0 Å². The maximum Gasteiger partial charge on any atom is 0.285 e. The molecule has 2 nitrogen and oxygen atoms in total. The van der Waals surface area contributed by atoms with Gasteiger partial charge in [0.25, 0.3) is 8.32 Å². The first kappa shape index (κ1) is 21.0. The quantitative estimate of drug-likeness (QED) is 0.291. The van der Waals surface area contributed by atoms with Crippen LogP contribution in [0.2, 0.25) is 0 Å². The lowest BCUT2D eigenvalue weighted by atomic mass is 10.2. The molecule has 5 aromatic carbocycles. The van der Waals surface area contributed by atoms with Crippen molar-refractivity contribution >= 4 is 40.9 Å². The summed E-state index contributed by atoms with van der Waals surface area (Å²) in [5, 5.41) is 2.90. The first-order chi connectivity index (χ1) is 16.3. The second-order valence-electron chi connectivity index (χ2n) is 8.00. The van der Waals surface area contributed by atoms with E-state index in [0.717, 1.165) is 32.6 Å². The van der Waals surface area contributed by atoms with E-state index >= 15 is 0 Å². The van der Waals surface area contributed by atoms with Gasteiger partial charge in [0, 0.05) is 17.1 Å². The summed E-state index contributed by atoms with van der Waals surface area (Å²) in [5.74, 6) is 0. The molecule has 0 heterocycles. The number of hydrogen-bond acceptors (Lipinski definition) is 2. The standard InChI is InChI=1S/C30H25NOSi/c32-33(28-19-9-3-10-20-28,29-21-11-4-12-22-29)30-23-13-18-27(24-30)31(25-14-5-1-6-15-25)26-16-7-2-8-17-26/h1-24,32H. The summed E-state index contributed by atoms with van der Waals surface area (Å²) >= 11 is 0. The summed E-state index contributed by atoms with van der Waals surface area (Å²) in [4.78, 5) is 14.6. The molecule has 0 aliphatic heterocycles. The van der Waals surface area contributed by atoms with E-state index in [1.807, 2.05) is 103 Å². The lowest BCUT2D eigenvalue weighted by Crippen LogP contribution is -2.67. The van der Waals surface area contributed by atoms with Crippen LogP contribution in [-0.4, -0.2) is 13.1 Å². The molecule has 0 atom stereocenters. The maximum absolute atomic E-state index is 12.4. The second-order valence-corrected chi connectivity index (χ2v) is 11.2. The van der Waals surface area contributed by atoms with Crippen LogP contribution in [0.4, 0.5) is 17.1 Å². The van der Waals surface area contributed by atoms with Crippen molar-refractivity contribution in [2.75, 3.05) is 4.90 Å². The first-order valence-corrected chi connectivity index (χ1v) is 13.1. The fraction of sp³-hybridized carbons (Fsp3) is 0. The number of benzene rings is 5. The molecule has 5 aromatic rings. The van der Waals surface area contributed by atoms with Crippen LogP contribution < -0.4 is 20.5 Å². The van der Waals surface area contributed by atoms with Gasteiger partial charge in [-0.05, 0) is 52.0 Å². The number of hydrogen-bond donors (Lipinski definition) is 1. The zero-order valence-electron chi connectivity index (χ0n) is 18.3. The van der Waals surface area contributed by atoms with Crippen LogP contribution in [0.1, 0.15) is 0 Å².